The molecular formula is C45H28IrN3-. The summed E-state index contributed by atoms with van der Waals surface area (Å²) in [5, 5.41) is 3.52. The van der Waals surface area contributed by atoms with E-state index in [1.54, 1.807) is 0 Å². The van der Waals surface area contributed by atoms with Crippen LogP contribution in [0.25, 0.3) is 88.5 Å². The van der Waals surface area contributed by atoms with Gasteiger partial charge in [-0.25, -0.2) is 0 Å². The van der Waals surface area contributed by atoms with Crippen molar-refractivity contribution in [3.8, 4) is 55.8 Å². The number of fused-ring (bicyclic) bond motifs is 6. The molecule has 9 aromatic rings. The Morgan fingerprint density at radius 1 is 0.429 bits per heavy atom. The molecule has 0 amide bonds. The summed E-state index contributed by atoms with van der Waals surface area (Å²) in [6.45, 7) is 0. The zero-order chi connectivity index (χ0) is 31.9. The van der Waals surface area contributed by atoms with E-state index in [2.05, 4.69) is 143 Å². The van der Waals surface area contributed by atoms with Gasteiger partial charge in [0.05, 0.1) is 16.6 Å². The first-order chi connectivity index (χ1) is 23.8. The molecule has 3 heterocycles. The topological polar surface area (TPSA) is 38.7 Å². The predicted octanol–water partition coefficient (Wildman–Crippen LogP) is 11.5. The van der Waals surface area contributed by atoms with E-state index in [1.165, 1.54) is 49.9 Å². The summed E-state index contributed by atoms with van der Waals surface area (Å²) in [5.41, 5.74) is 14.9. The van der Waals surface area contributed by atoms with Crippen molar-refractivity contribution in [2.24, 2.45) is 0 Å². The molecule has 0 saturated heterocycles. The fourth-order valence-electron chi connectivity index (χ4n) is 6.93. The molecule has 233 valence electrons. The summed E-state index contributed by atoms with van der Waals surface area (Å²) in [6.07, 6.45) is 3.75. The Labute approximate surface area is 298 Å². The molecule has 10 rings (SSSR count). The Hall–Kier alpha value is -5.80. The average Bonchev–Trinajstić information content (AvgIpc) is 3.50. The minimum absolute atomic E-state index is 0. The molecule has 0 bridgehead atoms. The van der Waals surface area contributed by atoms with Gasteiger partial charge >= 0.3 is 0 Å². The Bertz CT molecular complexity index is 2500. The van der Waals surface area contributed by atoms with Crippen molar-refractivity contribution in [1.29, 1.82) is 0 Å². The standard InChI is InChI=1S/C24H16N2.C21H12N.Ir/c1-3-7-17(8-4-1)19-13-15-25-23-21(19)11-12-22-20(14-16-26-24(22)23)18-9-5-2-6-10-18;1-2-7-14(8-3-1)20-13-18-16-10-5-4-9-15(16)17-11-6-12-19(22-20)21(17)18;/h1-16H;1-7,9-13H;/q;-1;. The minimum atomic E-state index is 0. The second-order valence-corrected chi connectivity index (χ2v) is 11.9. The van der Waals surface area contributed by atoms with Gasteiger partial charge in [0.1, 0.15) is 0 Å². The quantitative estimate of drug-likeness (QED) is 0.132. The van der Waals surface area contributed by atoms with Gasteiger partial charge in [0.2, 0.25) is 0 Å². The molecule has 6 aromatic carbocycles. The van der Waals surface area contributed by atoms with Gasteiger partial charge in [0.15, 0.2) is 0 Å². The zero-order valence-corrected chi connectivity index (χ0v) is 28.7. The van der Waals surface area contributed by atoms with E-state index in [4.69, 9.17) is 4.98 Å². The fourth-order valence-corrected chi connectivity index (χ4v) is 6.93. The number of benzene rings is 6. The minimum Gasteiger partial charge on any atom is -0.296 e. The summed E-state index contributed by atoms with van der Waals surface area (Å²) >= 11 is 0. The normalized spacial score (nSPS) is 11.1. The second-order valence-electron chi connectivity index (χ2n) is 11.9. The van der Waals surface area contributed by atoms with Gasteiger partial charge in [-0.1, -0.05) is 115 Å². The smallest absolute Gasteiger partial charge is 0.0970 e. The molecule has 0 atom stereocenters. The van der Waals surface area contributed by atoms with E-state index in [0.717, 1.165) is 38.6 Å². The SMILES string of the molecule is [Ir].[c-]1ccccc1-c1cc2c3c(cccc3n1)-c1ccccc1-2.c1ccc(-c2ccnc3c2ccc2c(-c4ccccc4)ccnc23)cc1. The average molecular weight is 803 g/mol. The van der Waals surface area contributed by atoms with Crippen LogP contribution in [-0.2, 0) is 20.1 Å². The Morgan fingerprint density at radius 3 is 1.57 bits per heavy atom. The molecule has 3 aromatic heterocycles. The maximum Gasteiger partial charge on any atom is 0.0970 e. The summed E-state index contributed by atoms with van der Waals surface area (Å²) in [4.78, 5) is 14.2. The van der Waals surface area contributed by atoms with Gasteiger partial charge in [-0.3, -0.25) is 15.0 Å². The predicted molar refractivity (Wildman–Crippen MR) is 198 cm³/mol. The van der Waals surface area contributed by atoms with Crippen LogP contribution in [-0.4, -0.2) is 15.0 Å². The van der Waals surface area contributed by atoms with Crippen LogP contribution in [0.4, 0.5) is 0 Å². The van der Waals surface area contributed by atoms with Gasteiger partial charge in [-0.2, -0.15) is 0 Å². The molecule has 0 fully saturated rings. The van der Waals surface area contributed by atoms with E-state index in [9.17, 15) is 0 Å². The van der Waals surface area contributed by atoms with Crippen LogP contribution in [0, 0.1) is 6.07 Å². The molecule has 1 aliphatic carbocycles. The largest absolute Gasteiger partial charge is 0.296 e. The number of aromatic nitrogens is 3. The van der Waals surface area contributed by atoms with Crippen LogP contribution < -0.4 is 0 Å². The van der Waals surface area contributed by atoms with E-state index in [0.29, 0.717) is 0 Å². The zero-order valence-electron chi connectivity index (χ0n) is 26.3. The molecule has 4 heteroatoms. The monoisotopic (exact) mass is 803 g/mol. The molecule has 1 aliphatic rings. The molecule has 0 unspecified atom stereocenters. The maximum absolute atomic E-state index is 4.86. The first kappa shape index (κ1) is 30.5. The van der Waals surface area contributed by atoms with Crippen LogP contribution in [0.1, 0.15) is 0 Å². The number of pyridine rings is 3. The van der Waals surface area contributed by atoms with Gasteiger partial charge in [0, 0.05) is 48.7 Å². The van der Waals surface area contributed by atoms with Crippen molar-refractivity contribution in [2.75, 3.05) is 0 Å². The summed E-state index contributed by atoms with van der Waals surface area (Å²) in [7, 11) is 0. The third-order valence-electron chi connectivity index (χ3n) is 9.12. The van der Waals surface area contributed by atoms with Crippen molar-refractivity contribution in [1.82, 2.24) is 15.0 Å². The number of rotatable bonds is 3. The molecule has 0 aliphatic heterocycles. The summed E-state index contributed by atoms with van der Waals surface area (Å²) in [6, 6.07) is 57.8. The molecule has 3 nitrogen and oxygen atoms in total. The molecule has 0 spiro atoms. The molecular weight excluding hydrogens is 775 g/mol. The van der Waals surface area contributed by atoms with Crippen LogP contribution in [0.5, 0.6) is 0 Å². The van der Waals surface area contributed by atoms with Crippen LogP contribution in [0.2, 0.25) is 0 Å². The van der Waals surface area contributed by atoms with E-state index < -0.39 is 0 Å². The van der Waals surface area contributed by atoms with Gasteiger partial charge in [0.25, 0.3) is 0 Å². The Morgan fingerprint density at radius 2 is 0.980 bits per heavy atom. The van der Waals surface area contributed by atoms with Gasteiger partial charge in [-0.15, -0.1) is 35.9 Å². The second kappa shape index (κ2) is 13.0. The van der Waals surface area contributed by atoms with Crippen LogP contribution >= 0.6 is 0 Å². The van der Waals surface area contributed by atoms with Gasteiger partial charge in [-0.05, 0) is 68.4 Å². The third kappa shape index (κ3) is 5.42. The third-order valence-corrected chi connectivity index (χ3v) is 9.12. The van der Waals surface area contributed by atoms with Crippen molar-refractivity contribution in [3.05, 3.63) is 176 Å². The van der Waals surface area contributed by atoms with Gasteiger partial charge < -0.3 is 0 Å². The summed E-state index contributed by atoms with van der Waals surface area (Å²) in [5.74, 6) is 0. The Balaban J connectivity index is 0.000000141. The molecule has 0 saturated carbocycles. The molecule has 49 heavy (non-hydrogen) atoms. The molecule has 0 N–H and O–H groups in total. The van der Waals surface area contributed by atoms with E-state index >= 15 is 0 Å². The fraction of sp³-hybridized carbons (Fsp3) is 0. The van der Waals surface area contributed by atoms with Crippen molar-refractivity contribution in [3.63, 3.8) is 0 Å². The molecule has 1 radical (unpaired) electrons. The van der Waals surface area contributed by atoms with Crippen molar-refractivity contribution in [2.45, 2.75) is 0 Å². The summed E-state index contributed by atoms with van der Waals surface area (Å²) < 4.78 is 0. The van der Waals surface area contributed by atoms with Crippen molar-refractivity contribution < 1.29 is 20.1 Å². The van der Waals surface area contributed by atoms with E-state index in [1.807, 2.05) is 42.7 Å². The van der Waals surface area contributed by atoms with Crippen molar-refractivity contribution >= 4 is 32.7 Å². The van der Waals surface area contributed by atoms with E-state index in [-0.39, 0.29) is 20.1 Å². The number of nitrogens with zero attached hydrogens (tertiary/aromatic N) is 3. The first-order valence-electron chi connectivity index (χ1n) is 16.1. The van der Waals surface area contributed by atoms with Crippen LogP contribution in [0.15, 0.2) is 170 Å². The number of hydrogen-bond donors (Lipinski definition) is 0. The maximum atomic E-state index is 4.86. The number of hydrogen-bond acceptors (Lipinski definition) is 3. The first-order valence-corrected chi connectivity index (χ1v) is 16.1. The van der Waals surface area contributed by atoms with Crippen LogP contribution in [0.3, 0.4) is 0 Å². The Kier molecular flexibility index (Phi) is 8.11.